The number of carbonyl (C=O) groups is 1. The molecule has 0 heterocycles. The SMILES string of the molecule is CNCc1cc(NC(=O)OC(C)(C)C)ccc1O. The van der Waals surface area contributed by atoms with Gasteiger partial charge in [0.15, 0.2) is 0 Å². The number of phenolic OH excluding ortho intramolecular Hbond substituents is 1. The van der Waals surface area contributed by atoms with Gasteiger partial charge in [-0.1, -0.05) is 0 Å². The predicted octanol–water partition coefficient (Wildman–Crippen LogP) is 2.46. The van der Waals surface area contributed by atoms with Gasteiger partial charge in [0.1, 0.15) is 11.4 Å². The predicted molar refractivity (Wildman–Crippen MR) is 70.7 cm³/mol. The molecule has 1 rings (SSSR count). The van der Waals surface area contributed by atoms with Crippen molar-refractivity contribution in [1.29, 1.82) is 0 Å². The Labute approximate surface area is 107 Å². The van der Waals surface area contributed by atoms with Crippen molar-refractivity contribution in [2.24, 2.45) is 0 Å². The lowest BCUT2D eigenvalue weighted by atomic mass is 10.1. The first-order valence-electron chi connectivity index (χ1n) is 5.78. The van der Waals surface area contributed by atoms with Crippen molar-refractivity contribution in [1.82, 2.24) is 5.32 Å². The quantitative estimate of drug-likeness (QED) is 0.723. The summed E-state index contributed by atoms with van der Waals surface area (Å²) < 4.78 is 5.14. The van der Waals surface area contributed by atoms with Gasteiger partial charge < -0.3 is 15.2 Å². The normalized spacial score (nSPS) is 11.1. The minimum Gasteiger partial charge on any atom is -0.508 e. The molecule has 3 N–H and O–H groups in total. The van der Waals surface area contributed by atoms with Crippen LogP contribution in [0.15, 0.2) is 18.2 Å². The van der Waals surface area contributed by atoms with Crippen molar-refractivity contribution in [3.63, 3.8) is 0 Å². The van der Waals surface area contributed by atoms with E-state index in [4.69, 9.17) is 4.74 Å². The maximum absolute atomic E-state index is 11.6. The number of rotatable bonds is 3. The Bertz CT molecular complexity index is 425. The topological polar surface area (TPSA) is 70.6 Å². The standard InChI is InChI=1S/C13H20N2O3/c1-13(2,3)18-12(17)15-10-5-6-11(16)9(7-10)8-14-4/h5-7,14,16H,8H2,1-4H3,(H,15,17). The first-order chi connectivity index (χ1) is 8.31. The lowest BCUT2D eigenvalue weighted by Gasteiger charge is -2.19. The number of nitrogens with one attached hydrogen (secondary N) is 2. The van der Waals surface area contributed by atoms with Crippen LogP contribution in [0.5, 0.6) is 5.75 Å². The molecule has 0 aliphatic heterocycles. The second kappa shape index (κ2) is 5.73. The molecule has 0 aliphatic carbocycles. The van der Waals surface area contributed by atoms with Crippen LogP contribution in [-0.2, 0) is 11.3 Å². The third-order valence-corrected chi connectivity index (χ3v) is 2.09. The zero-order valence-electron chi connectivity index (χ0n) is 11.2. The summed E-state index contributed by atoms with van der Waals surface area (Å²) in [6.07, 6.45) is -0.511. The van der Waals surface area contributed by atoms with Gasteiger partial charge in [0.05, 0.1) is 0 Å². The fraction of sp³-hybridized carbons (Fsp3) is 0.462. The van der Waals surface area contributed by atoms with Crippen LogP contribution in [0.3, 0.4) is 0 Å². The Morgan fingerprint density at radius 1 is 1.39 bits per heavy atom. The van der Waals surface area contributed by atoms with Gasteiger partial charge >= 0.3 is 6.09 Å². The molecule has 5 nitrogen and oxygen atoms in total. The Morgan fingerprint density at radius 2 is 2.06 bits per heavy atom. The molecule has 18 heavy (non-hydrogen) atoms. The molecular formula is C13H20N2O3. The lowest BCUT2D eigenvalue weighted by Crippen LogP contribution is -2.27. The molecule has 0 spiro atoms. The summed E-state index contributed by atoms with van der Waals surface area (Å²) >= 11 is 0. The second-order valence-electron chi connectivity index (χ2n) is 5.00. The van der Waals surface area contributed by atoms with Crippen molar-refractivity contribution in [3.8, 4) is 5.75 Å². The summed E-state index contributed by atoms with van der Waals surface area (Å²) in [5.74, 6) is 0.194. The van der Waals surface area contributed by atoms with E-state index in [-0.39, 0.29) is 5.75 Å². The van der Waals surface area contributed by atoms with E-state index in [0.717, 1.165) is 0 Å². The van der Waals surface area contributed by atoms with E-state index in [1.807, 2.05) is 0 Å². The zero-order valence-corrected chi connectivity index (χ0v) is 11.2. The minimum atomic E-state index is -0.533. The van der Waals surface area contributed by atoms with Crippen molar-refractivity contribution < 1.29 is 14.6 Å². The van der Waals surface area contributed by atoms with Gasteiger partial charge in [-0.15, -0.1) is 0 Å². The molecule has 1 aromatic rings. The van der Waals surface area contributed by atoms with Crippen LogP contribution in [0.25, 0.3) is 0 Å². The minimum absolute atomic E-state index is 0.194. The summed E-state index contributed by atoms with van der Waals surface area (Å²) in [4.78, 5) is 11.6. The van der Waals surface area contributed by atoms with E-state index >= 15 is 0 Å². The molecule has 0 saturated carbocycles. The van der Waals surface area contributed by atoms with Gasteiger partial charge in [-0.05, 0) is 46.0 Å². The molecule has 1 aromatic carbocycles. The van der Waals surface area contributed by atoms with Crippen molar-refractivity contribution in [3.05, 3.63) is 23.8 Å². The molecule has 0 radical (unpaired) electrons. The van der Waals surface area contributed by atoms with Crippen LogP contribution in [0, 0.1) is 0 Å². The summed E-state index contributed by atoms with van der Waals surface area (Å²) in [5.41, 5.74) is 0.771. The van der Waals surface area contributed by atoms with Crippen molar-refractivity contribution in [2.75, 3.05) is 12.4 Å². The van der Waals surface area contributed by atoms with Gasteiger partial charge in [0, 0.05) is 17.8 Å². The molecular weight excluding hydrogens is 232 g/mol. The first kappa shape index (κ1) is 14.3. The number of carbonyl (C=O) groups excluding carboxylic acids is 1. The summed E-state index contributed by atoms with van der Waals surface area (Å²) in [5, 5.41) is 15.2. The number of ether oxygens (including phenoxy) is 1. The largest absolute Gasteiger partial charge is 0.508 e. The average Bonchev–Trinajstić information content (AvgIpc) is 2.20. The van der Waals surface area contributed by atoms with Crippen LogP contribution in [0.1, 0.15) is 26.3 Å². The van der Waals surface area contributed by atoms with Crippen LogP contribution in [0.2, 0.25) is 0 Å². The van der Waals surface area contributed by atoms with E-state index in [1.165, 1.54) is 0 Å². The summed E-state index contributed by atoms with van der Waals surface area (Å²) in [7, 11) is 1.79. The number of amides is 1. The third-order valence-electron chi connectivity index (χ3n) is 2.09. The molecule has 0 atom stereocenters. The summed E-state index contributed by atoms with van der Waals surface area (Å²) in [6.45, 7) is 5.93. The molecule has 0 aromatic heterocycles. The lowest BCUT2D eigenvalue weighted by molar-refractivity contribution is 0.0636. The number of hydrogen-bond acceptors (Lipinski definition) is 4. The molecule has 1 amide bonds. The highest BCUT2D eigenvalue weighted by molar-refractivity contribution is 5.85. The molecule has 0 aliphatic rings. The van der Waals surface area contributed by atoms with E-state index in [2.05, 4.69) is 10.6 Å². The van der Waals surface area contributed by atoms with Crippen LogP contribution in [0.4, 0.5) is 10.5 Å². The van der Waals surface area contributed by atoms with E-state index in [1.54, 1.807) is 46.0 Å². The fourth-order valence-electron chi connectivity index (χ4n) is 1.42. The smallest absolute Gasteiger partial charge is 0.412 e. The molecule has 5 heteroatoms. The van der Waals surface area contributed by atoms with Crippen molar-refractivity contribution in [2.45, 2.75) is 32.9 Å². The van der Waals surface area contributed by atoms with Gasteiger partial charge in [0.25, 0.3) is 0 Å². The molecule has 0 saturated heterocycles. The monoisotopic (exact) mass is 252 g/mol. The van der Waals surface area contributed by atoms with Gasteiger partial charge in [-0.3, -0.25) is 5.32 Å². The number of anilines is 1. The Hall–Kier alpha value is -1.75. The van der Waals surface area contributed by atoms with Crippen molar-refractivity contribution >= 4 is 11.8 Å². The first-order valence-corrected chi connectivity index (χ1v) is 5.78. The molecule has 0 fully saturated rings. The highest BCUT2D eigenvalue weighted by Crippen LogP contribution is 2.21. The fourth-order valence-corrected chi connectivity index (χ4v) is 1.42. The van der Waals surface area contributed by atoms with E-state index < -0.39 is 11.7 Å². The Balaban J connectivity index is 2.73. The van der Waals surface area contributed by atoms with E-state index in [0.29, 0.717) is 17.8 Å². The summed E-state index contributed by atoms with van der Waals surface area (Å²) in [6, 6.07) is 4.87. The molecule has 0 unspecified atom stereocenters. The van der Waals surface area contributed by atoms with Gasteiger partial charge in [-0.25, -0.2) is 4.79 Å². The Kier molecular flexibility index (Phi) is 4.55. The zero-order chi connectivity index (χ0) is 13.8. The highest BCUT2D eigenvalue weighted by Gasteiger charge is 2.16. The second-order valence-corrected chi connectivity index (χ2v) is 5.00. The third kappa shape index (κ3) is 4.63. The van der Waals surface area contributed by atoms with Crippen LogP contribution in [-0.4, -0.2) is 23.8 Å². The molecule has 100 valence electrons. The maximum Gasteiger partial charge on any atom is 0.412 e. The number of aromatic hydroxyl groups is 1. The van der Waals surface area contributed by atoms with Crippen LogP contribution >= 0.6 is 0 Å². The molecule has 0 bridgehead atoms. The highest BCUT2D eigenvalue weighted by atomic mass is 16.6. The van der Waals surface area contributed by atoms with E-state index in [9.17, 15) is 9.90 Å². The number of phenols is 1. The average molecular weight is 252 g/mol. The maximum atomic E-state index is 11.6. The van der Waals surface area contributed by atoms with Gasteiger partial charge in [-0.2, -0.15) is 0 Å². The Morgan fingerprint density at radius 3 is 2.61 bits per heavy atom. The van der Waals surface area contributed by atoms with Crippen LogP contribution < -0.4 is 10.6 Å². The van der Waals surface area contributed by atoms with Gasteiger partial charge in [0.2, 0.25) is 0 Å². The number of benzene rings is 1. The number of hydrogen-bond donors (Lipinski definition) is 3.